The SMILES string of the molecule is CCNC(=O)c1ccc(N2C[C@@H](C)O[C@@H](c3nc(C4CC4)no3)C2)nc1. The van der Waals surface area contributed by atoms with Crippen molar-refractivity contribution < 1.29 is 14.1 Å². The Labute approximate surface area is 151 Å². The number of anilines is 1. The maximum Gasteiger partial charge on any atom is 0.257 e. The van der Waals surface area contributed by atoms with Crippen molar-refractivity contribution in [2.24, 2.45) is 0 Å². The van der Waals surface area contributed by atoms with E-state index < -0.39 is 0 Å². The highest BCUT2D eigenvalue weighted by Gasteiger charge is 2.34. The fourth-order valence-corrected chi connectivity index (χ4v) is 3.13. The van der Waals surface area contributed by atoms with Crippen LogP contribution in [0.15, 0.2) is 22.9 Å². The van der Waals surface area contributed by atoms with Crippen LogP contribution in [0, 0.1) is 0 Å². The maximum atomic E-state index is 11.9. The van der Waals surface area contributed by atoms with Gasteiger partial charge in [-0.2, -0.15) is 4.98 Å². The van der Waals surface area contributed by atoms with E-state index in [0.29, 0.717) is 37.0 Å². The molecule has 1 aliphatic carbocycles. The van der Waals surface area contributed by atoms with Gasteiger partial charge in [0.15, 0.2) is 11.9 Å². The Morgan fingerprint density at radius 3 is 2.88 bits per heavy atom. The Balaban J connectivity index is 1.48. The molecule has 0 radical (unpaired) electrons. The highest BCUT2D eigenvalue weighted by atomic mass is 16.5. The van der Waals surface area contributed by atoms with Gasteiger partial charge in [-0.15, -0.1) is 0 Å². The molecule has 0 spiro atoms. The van der Waals surface area contributed by atoms with E-state index in [0.717, 1.165) is 24.5 Å². The van der Waals surface area contributed by atoms with Gasteiger partial charge in [0.05, 0.1) is 18.2 Å². The number of nitrogens with zero attached hydrogens (tertiary/aromatic N) is 4. The minimum Gasteiger partial charge on any atom is -0.362 e. The van der Waals surface area contributed by atoms with E-state index in [4.69, 9.17) is 9.26 Å². The molecule has 4 rings (SSSR count). The van der Waals surface area contributed by atoms with Gasteiger partial charge in [-0.25, -0.2) is 4.98 Å². The molecule has 1 amide bonds. The molecule has 1 aliphatic heterocycles. The maximum absolute atomic E-state index is 11.9. The molecule has 2 fully saturated rings. The Bertz CT molecular complexity index is 771. The van der Waals surface area contributed by atoms with Crippen LogP contribution in [0.25, 0.3) is 0 Å². The molecule has 1 saturated heterocycles. The van der Waals surface area contributed by atoms with Crippen LogP contribution in [0.1, 0.15) is 60.8 Å². The number of pyridine rings is 1. The first-order valence-corrected chi connectivity index (χ1v) is 9.12. The zero-order chi connectivity index (χ0) is 18.1. The molecule has 8 heteroatoms. The van der Waals surface area contributed by atoms with Gasteiger partial charge in [-0.1, -0.05) is 5.16 Å². The molecule has 138 valence electrons. The summed E-state index contributed by atoms with van der Waals surface area (Å²) in [6, 6.07) is 3.66. The minimum absolute atomic E-state index is 0.00916. The van der Waals surface area contributed by atoms with Gasteiger partial charge in [-0.05, 0) is 38.8 Å². The largest absolute Gasteiger partial charge is 0.362 e. The van der Waals surface area contributed by atoms with Gasteiger partial charge in [0.25, 0.3) is 11.8 Å². The molecular formula is C18H23N5O3. The normalized spacial score (nSPS) is 23.1. The predicted octanol–water partition coefficient (Wildman–Crippen LogP) is 2.06. The van der Waals surface area contributed by atoms with Gasteiger partial charge in [0, 0.05) is 25.2 Å². The second kappa shape index (κ2) is 7.03. The van der Waals surface area contributed by atoms with E-state index >= 15 is 0 Å². The second-order valence-electron chi connectivity index (χ2n) is 6.87. The smallest absolute Gasteiger partial charge is 0.257 e. The number of hydrogen-bond donors (Lipinski definition) is 1. The van der Waals surface area contributed by atoms with Crippen molar-refractivity contribution >= 4 is 11.7 Å². The van der Waals surface area contributed by atoms with Gasteiger partial charge < -0.3 is 19.5 Å². The van der Waals surface area contributed by atoms with Gasteiger partial charge >= 0.3 is 0 Å². The fraction of sp³-hybridized carbons (Fsp3) is 0.556. The zero-order valence-electron chi connectivity index (χ0n) is 15.0. The number of nitrogens with one attached hydrogen (secondary N) is 1. The predicted molar refractivity (Wildman–Crippen MR) is 94.0 cm³/mol. The topological polar surface area (TPSA) is 93.4 Å². The standard InChI is InChI=1S/C18H23N5O3/c1-3-19-17(24)13-6-7-15(20-8-13)23-9-11(2)25-14(10-23)18-21-16(22-26-18)12-4-5-12/h6-8,11-12,14H,3-5,9-10H2,1-2H3,(H,19,24)/t11-,14-/m1/s1. The van der Waals surface area contributed by atoms with Crippen molar-refractivity contribution in [2.45, 2.75) is 44.8 Å². The van der Waals surface area contributed by atoms with Crippen molar-refractivity contribution in [1.82, 2.24) is 20.4 Å². The lowest BCUT2D eigenvalue weighted by atomic mass is 10.2. The summed E-state index contributed by atoms with van der Waals surface area (Å²) >= 11 is 0. The van der Waals surface area contributed by atoms with Gasteiger partial charge in [0.2, 0.25) is 0 Å². The summed E-state index contributed by atoms with van der Waals surface area (Å²) in [5.74, 6) is 2.46. The third kappa shape index (κ3) is 3.55. The summed E-state index contributed by atoms with van der Waals surface area (Å²) in [6.07, 6.45) is 3.61. The minimum atomic E-state index is -0.274. The number of ether oxygens (including phenoxy) is 1. The average Bonchev–Trinajstić information content (AvgIpc) is 3.38. The molecule has 2 aromatic rings. The summed E-state index contributed by atoms with van der Waals surface area (Å²) in [4.78, 5) is 23.0. The quantitative estimate of drug-likeness (QED) is 0.875. The molecule has 1 N–H and O–H groups in total. The van der Waals surface area contributed by atoms with Crippen LogP contribution in [0.4, 0.5) is 5.82 Å². The lowest BCUT2D eigenvalue weighted by Crippen LogP contribution is -2.43. The van der Waals surface area contributed by atoms with Crippen LogP contribution in [0.5, 0.6) is 0 Å². The third-order valence-corrected chi connectivity index (χ3v) is 4.61. The molecule has 2 atom stereocenters. The summed E-state index contributed by atoms with van der Waals surface area (Å²) < 4.78 is 11.4. The van der Waals surface area contributed by atoms with Gasteiger partial charge in [0.1, 0.15) is 5.82 Å². The number of rotatable bonds is 5. The molecule has 2 aliphatic rings. The van der Waals surface area contributed by atoms with Crippen LogP contribution in [0.3, 0.4) is 0 Å². The first-order valence-electron chi connectivity index (χ1n) is 9.12. The lowest BCUT2D eigenvalue weighted by Gasteiger charge is -2.36. The summed E-state index contributed by atoms with van der Waals surface area (Å²) in [6.45, 7) is 5.80. The monoisotopic (exact) mass is 357 g/mol. The zero-order valence-corrected chi connectivity index (χ0v) is 15.0. The van der Waals surface area contributed by atoms with E-state index in [1.807, 2.05) is 19.9 Å². The number of amides is 1. The first-order chi connectivity index (χ1) is 12.6. The lowest BCUT2D eigenvalue weighted by molar-refractivity contribution is -0.0333. The molecule has 0 aromatic carbocycles. The van der Waals surface area contributed by atoms with Crippen LogP contribution < -0.4 is 10.2 Å². The highest BCUT2D eigenvalue weighted by molar-refractivity contribution is 5.94. The van der Waals surface area contributed by atoms with E-state index in [1.54, 1.807) is 12.3 Å². The number of hydrogen-bond acceptors (Lipinski definition) is 7. The summed E-state index contributed by atoms with van der Waals surface area (Å²) in [7, 11) is 0. The number of morpholine rings is 1. The molecule has 1 saturated carbocycles. The molecule has 3 heterocycles. The molecule has 26 heavy (non-hydrogen) atoms. The second-order valence-corrected chi connectivity index (χ2v) is 6.87. The third-order valence-electron chi connectivity index (χ3n) is 4.61. The highest BCUT2D eigenvalue weighted by Crippen LogP contribution is 2.39. The number of carbonyl (C=O) groups excluding carboxylic acids is 1. The molecule has 0 bridgehead atoms. The van der Waals surface area contributed by atoms with Crippen molar-refractivity contribution in [3.63, 3.8) is 0 Å². The van der Waals surface area contributed by atoms with Gasteiger partial charge in [-0.3, -0.25) is 4.79 Å². The Morgan fingerprint density at radius 1 is 1.35 bits per heavy atom. The number of carbonyl (C=O) groups is 1. The summed E-state index contributed by atoms with van der Waals surface area (Å²) in [5.41, 5.74) is 0.555. The van der Waals surface area contributed by atoms with Crippen molar-refractivity contribution in [2.75, 3.05) is 24.5 Å². The van der Waals surface area contributed by atoms with E-state index in [-0.39, 0.29) is 18.1 Å². The molecule has 8 nitrogen and oxygen atoms in total. The Morgan fingerprint density at radius 2 is 2.19 bits per heavy atom. The van der Waals surface area contributed by atoms with Crippen LogP contribution in [0.2, 0.25) is 0 Å². The Kier molecular flexibility index (Phi) is 4.58. The first kappa shape index (κ1) is 17.0. The van der Waals surface area contributed by atoms with Crippen LogP contribution in [-0.4, -0.2) is 46.8 Å². The van der Waals surface area contributed by atoms with E-state index in [2.05, 4.69) is 25.3 Å². The fourth-order valence-electron chi connectivity index (χ4n) is 3.13. The average molecular weight is 357 g/mol. The van der Waals surface area contributed by atoms with Crippen molar-refractivity contribution in [1.29, 1.82) is 0 Å². The molecule has 2 aromatic heterocycles. The van der Waals surface area contributed by atoms with Crippen LogP contribution >= 0.6 is 0 Å². The summed E-state index contributed by atoms with van der Waals surface area (Å²) in [5, 5.41) is 6.85. The van der Waals surface area contributed by atoms with E-state index in [9.17, 15) is 4.79 Å². The molecular weight excluding hydrogens is 334 g/mol. The Hall–Kier alpha value is -2.48. The van der Waals surface area contributed by atoms with Crippen molar-refractivity contribution in [3.05, 3.63) is 35.6 Å². The molecule has 0 unspecified atom stereocenters. The number of aromatic nitrogens is 3. The van der Waals surface area contributed by atoms with Crippen LogP contribution in [-0.2, 0) is 4.74 Å². The van der Waals surface area contributed by atoms with E-state index in [1.165, 1.54) is 0 Å². The van der Waals surface area contributed by atoms with Crippen molar-refractivity contribution in [3.8, 4) is 0 Å².